The molecule has 0 bridgehead atoms. The third kappa shape index (κ3) is 4.37. The first kappa shape index (κ1) is 17.1. The highest BCUT2D eigenvalue weighted by atomic mass is 19.4. The van der Waals surface area contributed by atoms with Gasteiger partial charge in [0.05, 0.1) is 5.92 Å². The molecule has 0 heterocycles. The lowest BCUT2D eigenvalue weighted by molar-refractivity contribution is -0.190. The summed E-state index contributed by atoms with van der Waals surface area (Å²) in [4.78, 5) is 0. The molecule has 0 aromatic heterocycles. The second-order valence-corrected chi connectivity index (χ2v) is 8.07. The fraction of sp³-hybridized carbons (Fsp3) is 1.00. The molecule has 0 aromatic carbocycles. The molecule has 1 N–H and O–H groups in total. The van der Waals surface area contributed by atoms with Gasteiger partial charge < -0.3 is 5.32 Å². The zero-order chi connectivity index (χ0) is 15.7. The van der Waals surface area contributed by atoms with Gasteiger partial charge in [0.15, 0.2) is 0 Å². The Labute approximate surface area is 127 Å². The van der Waals surface area contributed by atoms with E-state index in [0.29, 0.717) is 18.8 Å². The molecule has 0 aromatic rings. The van der Waals surface area contributed by atoms with Crippen molar-refractivity contribution < 1.29 is 13.2 Å². The smallest absolute Gasteiger partial charge is 0.310 e. The number of hydrogen-bond acceptors (Lipinski definition) is 1. The Morgan fingerprint density at radius 1 is 0.714 bits per heavy atom. The van der Waals surface area contributed by atoms with Crippen molar-refractivity contribution in [1.82, 2.24) is 5.32 Å². The molecule has 0 aliphatic heterocycles. The molecule has 0 spiro atoms. The molecule has 4 unspecified atom stereocenters. The molecule has 4 atom stereocenters. The maximum Gasteiger partial charge on any atom is 0.393 e. The van der Waals surface area contributed by atoms with Crippen LogP contribution < -0.4 is 5.32 Å². The molecular formula is C17H30F3N. The van der Waals surface area contributed by atoms with Gasteiger partial charge in [0, 0.05) is 12.1 Å². The van der Waals surface area contributed by atoms with Crippen LogP contribution in [0.25, 0.3) is 0 Å². The SMILES string of the molecule is CC(C)(C)C1CCCCC1NC1CCCCC1C(F)(F)F. The number of nitrogens with one attached hydrogen (secondary N) is 1. The summed E-state index contributed by atoms with van der Waals surface area (Å²) in [6, 6.07) is -0.113. The highest BCUT2D eigenvalue weighted by Crippen LogP contribution is 2.41. The zero-order valence-corrected chi connectivity index (χ0v) is 13.6. The average Bonchev–Trinajstić information content (AvgIpc) is 2.37. The molecular weight excluding hydrogens is 275 g/mol. The topological polar surface area (TPSA) is 12.0 Å². The number of halogens is 3. The van der Waals surface area contributed by atoms with Gasteiger partial charge in [-0.1, -0.05) is 46.5 Å². The van der Waals surface area contributed by atoms with Crippen LogP contribution in [0.4, 0.5) is 13.2 Å². The van der Waals surface area contributed by atoms with Crippen molar-refractivity contribution in [1.29, 1.82) is 0 Å². The lowest BCUT2D eigenvalue weighted by atomic mass is 9.69. The summed E-state index contributed by atoms with van der Waals surface area (Å²) < 4.78 is 39.7. The average molecular weight is 305 g/mol. The lowest BCUT2D eigenvalue weighted by Crippen LogP contribution is -2.53. The molecule has 2 aliphatic carbocycles. The van der Waals surface area contributed by atoms with E-state index < -0.39 is 12.1 Å². The van der Waals surface area contributed by atoms with Crippen LogP contribution in [-0.4, -0.2) is 18.3 Å². The van der Waals surface area contributed by atoms with E-state index in [0.717, 1.165) is 32.1 Å². The Hall–Kier alpha value is -0.250. The van der Waals surface area contributed by atoms with Crippen molar-refractivity contribution in [3.8, 4) is 0 Å². The summed E-state index contributed by atoms with van der Waals surface area (Å²) in [6.45, 7) is 6.67. The van der Waals surface area contributed by atoms with E-state index in [9.17, 15) is 13.2 Å². The van der Waals surface area contributed by atoms with Crippen LogP contribution in [0.2, 0.25) is 0 Å². The second-order valence-electron chi connectivity index (χ2n) is 8.07. The van der Waals surface area contributed by atoms with Gasteiger partial charge in [0.25, 0.3) is 0 Å². The van der Waals surface area contributed by atoms with Gasteiger partial charge in [0.1, 0.15) is 0 Å². The van der Waals surface area contributed by atoms with E-state index in [2.05, 4.69) is 26.1 Å². The molecule has 0 amide bonds. The van der Waals surface area contributed by atoms with E-state index in [4.69, 9.17) is 0 Å². The van der Waals surface area contributed by atoms with Crippen molar-refractivity contribution in [2.75, 3.05) is 0 Å². The summed E-state index contributed by atoms with van der Waals surface area (Å²) >= 11 is 0. The van der Waals surface area contributed by atoms with Crippen molar-refractivity contribution in [3.63, 3.8) is 0 Å². The summed E-state index contributed by atoms with van der Waals surface area (Å²) in [5, 5.41) is 3.45. The van der Waals surface area contributed by atoms with Crippen molar-refractivity contribution >= 4 is 0 Å². The third-order valence-corrected chi connectivity index (χ3v) is 5.49. The minimum absolute atomic E-state index is 0.167. The van der Waals surface area contributed by atoms with Gasteiger partial charge >= 0.3 is 6.18 Å². The monoisotopic (exact) mass is 305 g/mol. The largest absolute Gasteiger partial charge is 0.393 e. The Balaban J connectivity index is 2.06. The van der Waals surface area contributed by atoms with Gasteiger partial charge in [-0.25, -0.2) is 0 Å². The minimum Gasteiger partial charge on any atom is -0.310 e. The summed E-state index contributed by atoms with van der Waals surface area (Å²) in [5.41, 5.74) is 0.167. The van der Waals surface area contributed by atoms with Crippen molar-refractivity contribution in [2.24, 2.45) is 17.3 Å². The predicted octanol–water partition coefficient (Wildman–Crippen LogP) is 5.30. The van der Waals surface area contributed by atoms with Gasteiger partial charge in [-0.05, 0) is 37.0 Å². The van der Waals surface area contributed by atoms with Crippen LogP contribution >= 0.6 is 0 Å². The molecule has 2 fully saturated rings. The standard InChI is InChI=1S/C17H30F3N/c1-16(2,3)12-8-4-6-10-14(12)21-15-11-7-5-9-13(15)17(18,19)20/h12-15,21H,4-11H2,1-3H3. The normalized spacial score (nSPS) is 35.7. The summed E-state index contributed by atoms with van der Waals surface area (Å²) in [6.07, 6.45) is 3.11. The highest BCUT2D eigenvalue weighted by Gasteiger charge is 2.47. The molecule has 21 heavy (non-hydrogen) atoms. The van der Waals surface area contributed by atoms with Crippen LogP contribution in [0.15, 0.2) is 0 Å². The third-order valence-electron chi connectivity index (χ3n) is 5.49. The maximum absolute atomic E-state index is 13.2. The molecule has 2 saturated carbocycles. The Kier molecular flexibility index (Phi) is 5.27. The number of rotatable bonds is 2. The van der Waals surface area contributed by atoms with E-state index in [-0.39, 0.29) is 17.5 Å². The van der Waals surface area contributed by atoms with Crippen LogP contribution in [0.1, 0.15) is 72.1 Å². The van der Waals surface area contributed by atoms with Crippen LogP contribution in [0.5, 0.6) is 0 Å². The molecule has 1 nitrogen and oxygen atoms in total. The van der Waals surface area contributed by atoms with E-state index >= 15 is 0 Å². The Bertz CT molecular complexity index is 300. The van der Waals surface area contributed by atoms with Gasteiger partial charge in [-0.2, -0.15) is 13.2 Å². The summed E-state index contributed by atoms with van der Waals surface area (Å²) in [7, 11) is 0. The van der Waals surface area contributed by atoms with Gasteiger partial charge in [0.2, 0.25) is 0 Å². The molecule has 0 saturated heterocycles. The molecule has 2 rings (SSSR count). The molecule has 4 heteroatoms. The van der Waals surface area contributed by atoms with Crippen LogP contribution in [0.3, 0.4) is 0 Å². The predicted molar refractivity (Wildman–Crippen MR) is 80.1 cm³/mol. The zero-order valence-electron chi connectivity index (χ0n) is 13.6. The molecule has 2 aliphatic rings. The van der Waals surface area contributed by atoms with Crippen molar-refractivity contribution in [2.45, 2.75) is 90.4 Å². The quantitative estimate of drug-likeness (QED) is 0.729. The maximum atomic E-state index is 13.2. The highest BCUT2D eigenvalue weighted by molar-refractivity contribution is 4.93. The first-order valence-electron chi connectivity index (χ1n) is 8.52. The van der Waals surface area contributed by atoms with Gasteiger partial charge in [-0.15, -0.1) is 0 Å². The minimum atomic E-state index is -4.05. The molecule has 0 radical (unpaired) electrons. The van der Waals surface area contributed by atoms with Crippen molar-refractivity contribution in [3.05, 3.63) is 0 Å². The fourth-order valence-electron chi connectivity index (χ4n) is 4.36. The first-order valence-corrected chi connectivity index (χ1v) is 8.52. The number of alkyl halides is 3. The lowest BCUT2D eigenvalue weighted by Gasteiger charge is -2.44. The Morgan fingerprint density at radius 2 is 1.14 bits per heavy atom. The molecule has 124 valence electrons. The van der Waals surface area contributed by atoms with E-state index in [1.807, 2.05) is 0 Å². The second kappa shape index (κ2) is 6.47. The Morgan fingerprint density at radius 3 is 1.62 bits per heavy atom. The van der Waals surface area contributed by atoms with Crippen LogP contribution in [-0.2, 0) is 0 Å². The number of hydrogen-bond donors (Lipinski definition) is 1. The van der Waals surface area contributed by atoms with E-state index in [1.54, 1.807) is 0 Å². The first-order chi connectivity index (χ1) is 9.69. The van der Waals surface area contributed by atoms with Crippen LogP contribution in [0, 0.1) is 17.3 Å². The van der Waals surface area contributed by atoms with Gasteiger partial charge in [-0.3, -0.25) is 0 Å². The summed E-state index contributed by atoms with van der Waals surface area (Å²) in [5.74, 6) is -0.657. The fourth-order valence-corrected chi connectivity index (χ4v) is 4.36. The van der Waals surface area contributed by atoms with E-state index in [1.165, 1.54) is 6.42 Å².